The van der Waals surface area contributed by atoms with Gasteiger partial charge in [-0.05, 0) is 6.42 Å². The quantitative estimate of drug-likeness (QED) is 0.364. The van der Waals surface area contributed by atoms with E-state index in [1.165, 1.54) is 0 Å². The Hall–Kier alpha value is -1.16. The van der Waals surface area contributed by atoms with Crippen LogP contribution in [0.4, 0.5) is 0 Å². The largest absolute Gasteiger partial charge is 0.324 e. The highest BCUT2D eigenvalue weighted by atomic mass is 16.2. The summed E-state index contributed by atoms with van der Waals surface area (Å²) in [5, 5.41) is 2.29. The van der Waals surface area contributed by atoms with Crippen molar-refractivity contribution in [2.45, 2.75) is 12.5 Å². The molecule has 0 aromatic heterocycles. The van der Waals surface area contributed by atoms with Crippen LogP contribution in [-0.4, -0.2) is 17.9 Å². The molecule has 1 aliphatic carbocycles. The predicted octanol–water partition coefficient (Wildman–Crippen LogP) is -0.838. The average molecular weight is 166 g/mol. The molecule has 2 amide bonds. The third-order valence-electron chi connectivity index (χ3n) is 2.48. The summed E-state index contributed by atoms with van der Waals surface area (Å²) in [6.45, 7) is 0. The highest BCUT2D eigenvalue weighted by Crippen LogP contribution is 2.29. The summed E-state index contributed by atoms with van der Waals surface area (Å²) in [5.41, 5.74) is 5.67. The molecule has 0 aromatic carbocycles. The van der Waals surface area contributed by atoms with Crippen LogP contribution in [0.3, 0.4) is 0 Å². The third-order valence-corrected chi connectivity index (χ3v) is 2.48. The Morgan fingerprint density at radius 1 is 1.42 bits per heavy atom. The molecule has 3 unspecified atom stereocenters. The van der Waals surface area contributed by atoms with Crippen LogP contribution >= 0.6 is 0 Å². The maximum absolute atomic E-state index is 11.2. The SMILES string of the molecule is NC1C=CCC2C(=O)NC(=O)C12. The molecule has 2 aliphatic rings. The predicted molar refractivity (Wildman–Crippen MR) is 41.9 cm³/mol. The van der Waals surface area contributed by atoms with E-state index in [0.29, 0.717) is 6.42 Å². The van der Waals surface area contributed by atoms with E-state index in [0.717, 1.165) is 0 Å². The summed E-state index contributed by atoms with van der Waals surface area (Å²) in [6.07, 6.45) is 4.29. The number of amides is 2. The molecule has 1 fully saturated rings. The zero-order chi connectivity index (χ0) is 8.72. The minimum Gasteiger partial charge on any atom is -0.324 e. The van der Waals surface area contributed by atoms with Crippen molar-refractivity contribution in [3.05, 3.63) is 12.2 Å². The zero-order valence-electron chi connectivity index (χ0n) is 6.49. The fraction of sp³-hybridized carbons (Fsp3) is 0.500. The fourth-order valence-corrected chi connectivity index (χ4v) is 1.84. The fourth-order valence-electron chi connectivity index (χ4n) is 1.84. The number of carbonyl (C=O) groups excluding carboxylic acids is 2. The van der Waals surface area contributed by atoms with Crippen LogP contribution in [-0.2, 0) is 9.59 Å². The lowest BCUT2D eigenvalue weighted by Gasteiger charge is -2.22. The van der Waals surface area contributed by atoms with Crippen LogP contribution in [0.1, 0.15) is 6.42 Å². The van der Waals surface area contributed by atoms with Crippen molar-refractivity contribution in [1.82, 2.24) is 5.32 Å². The summed E-state index contributed by atoms with van der Waals surface area (Å²) in [7, 11) is 0. The summed E-state index contributed by atoms with van der Waals surface area (Å²) < 4.78 is 0. The molecule has 12 heavy (non-hydrogen) atoms. The van der Waals surface area contributed by atoms with E-state index in [2.05, 4.69) is 5.32 Å². The van der Waals surface area contributed by atoms with Crippen molar-refractivity contribution >= 4 is 11.8 Å². The van der Waals surface area contributed by atoms with Crippen molar-refractivity contribution in [1.29, 1.82) is 0 Å². The second kappa shape index (κ2) is 2.42. The monoisotopic (exact) mass is 166 g/mol. The van der Waals surface area contributed by atoms with Gasteiger partial charge in [-0.3, -0.25) is 14.9 Å². The normalized spacial score (nSPS) is 39.6. The lowest BCUT2D eigenvalue weighted by molar-refractivity contribution is -0.126. The minimum absolute atomic E-state index is 0.176. The van der Waals surface area contributed by atoms with Crippen LogP contribution in [0.25, 0.3) is 0 Å². The van der Waals surface area contributed by atoms with E-state index in [1.807, 2.05) is 6.08 Å². The first kappa shape index (κ1) is 7.49. The molecule has 0 bridgehead atoms. The van der Waals surface area contributed by atoms with Crippen LogP contribution < -0.4 is 11.1 Å². The molecule has 1 saturated heterocycles. The molecule has 0 radical (unpaired) electrons. The van der Waals surface area contributed by atoms with Gasteiger partial charge in [0.1, 0.15) is 0 Å². The summed E-state index contributed by atoms with van der Waals surface area (Å²) >= 11 is 0. The number of allylic oxidation sites excluding steroid dienone is 1. The molecular weight excluding hydrogens is 156 g/mol. The Balaban J connectivity index is 2.32. The summed E-state index contributed by atoms with van der Waals surface area (Å²) in [4.78, 5) is 22.3. The lowest BCUT2D eigenvalue weighted by Crippen LogP contribution is -2.38. The molecule has 4 heteroatoms. The molecule has 1 aliphatic heterocycles. The molecular formula is C8H10N2O2. The topological polar surface area (TPSA) is 72.2 Å². The van der Waals surface area contributed by atoms with E-state index in [9.17, 15) is 9.59 Å². The Morgan fingerprint density at radius 3 is 2.83 bits per heavy atom. The van der Waals surface area contributed by atoms with Crippen LogP contribution in [0.15, 0.2) is 12.2 Å². The third kappa shape index (κ3) is 0.881. The van der Waals surface area contributed by atoms with E-state index in [-0.39, 0.29) is 29.7 Å². The van der Waals surface area contributed by atoms with E-state index in [4.69, 9.17) is 5.73 Å². The number of fused-ring (bicyclic) bond motifs is 1. The first-order chi connectivity index (χ1) is 5.70. The maximum Gasteiger partial charge on any atom is 0.232 e. The number of carbonyl (C=O) groups is 2. The molecule has 0 saturated carbocycles. The Bertz CT molecular complexity index is 272. The highest BCUT2D eigenvalue weighted by molar-refractivity contribution is 6.05. The average Bonchev–Trinajstić information content (AvgIpc) is 2.29. The van der Waals surface area contributed by atoms with Crippen LogP contribution in [0, 0.1) is 11.8 Å². The second-order valence-corrected chi connectivity index (χ2v) is 3.23. The number of hydrogen-bond acceptors (Lipinski definition) is 3. The summed E-state index contributed by atoms with van der Waals surface area (Å²) in [5.74, 6) is -0.952. The van der Waals surface area contributed by atoms with Crippen molar-refractivity contribution in [3.8, 4) is 0 Å². The first-order valence-corrected chi connectivity index (χ1v) is 3.97. The Morgan fingerprint density at radius 2 is 2.17 bits per heavy atom. The van der Waals surface area contributed by atoms with Gasteiger partial charge in [-0.25, -0.2) is 0 Å². The number of imide groups is 1. The molecule has 64 valence electrons. The van der Waals surface area contributed by atoms with Gasteiger partial charge in [0.05, 0.1) is 11.8 Å². The van der Waals surface area contributed by atoms with Crippen LogP contribution in [0.5, 0.6) is 0 Å². The minimum atomic E-state index is -0.331. The van der Waals surface area contributed by atoms with Crippen LogP contribution in [0.2, 0.25) is 0 Å². The van der Waals surface area contributed by atoms with Crippen molar-refractivity contribution in [2.75, 3.05) is 0 Å². The maximum atomic E-state index is 11.2. The van der Waals surface area contributed by atoms with E-state index >= 15 is 0 Å². The van der Waals surface area contributed by atoms with Gasteiger partial charge in [0.25, 0.3) is 0 Å². The smallest absolute Gasteiger partial charge is 0.232 e. The Labute approximate surface area is 69.8 Å². The number of hydrogen-bond donors (Lipinski definition) is 2. The molecule has 3 N–H and O–H groups in total. The number of nitrogens with two attached hydrogens (primary N) is 1. The van der Waals surface area contributed by atoms with Gasteiger partial charge >= 0.3 is 0 Å². The second-order valence-electron chi connectivity index (χ2n) is 3.23. The zero-order valence-corrected chi connectivity index (χ0v) is 6.49. The Kier molecular flexibility index (Phi) is 1.51. The first-order valence-electron chi connectivity index (χ1n) is 3.97. The molecule has 4 nitrogen and oxygen atoms in total. The van der Waals surface area contributed by atoms with E-state index < -0.39 is 0 Å². The molecule has 0 spiro atoms. The van der Waals surface area contributed by atoms with Gasteiger partial charge in [-0.15, -0.1) is 0 Å². The standard InChI is InChI=1S/C8H10N2O2/c9-5-3-1-2-4-6(5)8(12)10-7(4)11/h1,3-6H,2,9H2,(H,10,11,12). The van der Waals surface area contributed by atoms with Gasteiger partial charge in [0.15, 0.2) is 0 Å². The van der Waals surface area contributed by atoms with E-state index in [1.54, 1.807) is 6.08 Å². The molecule has 3 atom stereocenters. The molecule has 2 rings (SSSR count). The summed E-state index contributed by atoms with van der Waals surface area (Å²) in [6, 6.07) is -0.296. The van der Waals surface area contributed by atoms with Gasteiger partial charge < -0.3 is 5.73 Å². The molecule has 0 aromatic rings. The van der Waals surface area contributed by atoms with Gasteiger partial charge in [-0.1, -0.05) is 12.2 Å². The number of rotatable bonds is 0. The van der Waals surface area contributed by atoms with Crippen molar-refractivity contribution < 1.29 is 9.59 Å². The molecule has 1 heterocycles. The van der Waals surface area contributed by atoms with Gasteiger partial charge in [-0.2, -0.15) is 0 Å². The lowest BCUT2D eigenvalue weighted by atomic mass is 9.82. The van der Waals surface area contributed by atoms with Crippen molar-refractivity contribution in [2.24, 2.45) is 17.6 Å². The van der Waals surface area contributed by atoms with Crippen molar-refractivity contribution in [3.63, 3.8) is 0 Å². The van der Waals surface area contributed by atoms with Gasteiger partial charge in [0, 0.05) is 6.04 Å². The number of nitrogens with one attached hydrogen (secondary N) is 1. The highest BCUT2D eigenvalue weighted by Gasteiger charge is 2.44. The van der Waals surface area contributed by atoms with Gasteiger partial charge in [0.2, 0.25) is 11.8 Å².